The Morgan fingerprint density at radius 1 is 0.494 bits per heavy atom. The number of fused-ring (bicyclic) bond motifs is 1. The number of aliphatic hydroxyl groups is 1. The van der Waals surface area contributed by atoms with Crippen LogP contribution in [0.5, 0.6) is 5.75 Å². The molecular weight excluding hydrogens is 1050 g/mol. The van der Waals surface area contributed by atoms with Gasteiger partial charge in [-0.3, -0.25) is 33.6 Å². The normalized spacial score (nSPS) is 15.0. The van der Waals surface area contributed by atoms with Gasteiger partial charge in [0.15, 0.2) is 0 Å². The number of hydrogen-bond donors (Lipinski definition) is 14. The number of benzene rings is 5. The Morgan fingerprint density at radius 2 is 0.937 bits per heavy atom. The molecule has 0 aliphatic carbocycles. The molecule has 0 spiro atoms. The SMILES string of the molecule is C[C@@H](O)[C@H](NC(=O)[C@H](CCCCN)NC(=O)[C@H](NC(=O)[C@H](Cc1ccccc1)NC(=O)[C@H](Cc1ccccc1)NC(=O)[C@H](N)CS)[C@@H](C)c1ccc2ccccc2c1)C(=O)N[C@@H](Cc1ccc(O)cc1)C(=O)N[C@@H](CS)C(=O)O. The molecule has 5 aromatic carbocycles. The third kappa shape index (κ3) is 19.1. The second-order valence-corrected chi connectivity index (χ2v) is 20.0. The summed E-state index contributed by atoms with van der Waals surface area (Å²) in [6.07, 6.45) is -1.14. The molecule has 10 atom stereocenters. The van der Waals surface area contributed by atoms with Crippen LogP contribution in [0.3, 0.4) is 0 Å². The average Bonchev–Trinajstić information content (AvgIpc) is 3.45. The molecule has 14 N–H and O–H groups in total. The number of phenolic OH excluding ortho intramolecular Hbond substituents is 1. The van der Waals surface area contributed by atoms with Gasteiger partial charge in [-0.1, -0.05) is 122 Å². The van der Waals surface area contributed by atoms with Gasteiger partial charge >= 0.3 is 5.97 Å². The topological polar surface area (TPSA) is 333 Å². The van der Waals surface area contributed by atoms with Crippen molar-refractivity contribution >= 4 is 83.3 Å². The molecular formula is C57H71N9O11S2. The minimum absolute atomic E-state index is 0.00591. The maximum absolute atomic E-state index is 15.0. The minimum Gasteiger partial charge on any atom is -0.508 e. The summed E-state index contributed by atoms with van der Waals surface area (Å²) in [4.78, 5) is 112. The summed E-state index contributed by atoms with van der Waals surface area (Å²) >= 11 is 8.16. The lowest BCUT2D eigenvalue weighted by molar-refractivity contribution is -0.141. The largest absolute Gasteiger partial charge is 0.508 e. The van der Waals surface area contributed by atoms with Crippen LogP contribution in [-0.2, 0) is 57.6 Å². The second kappa shape index (κ2) is 31.2. The highest BCUT2D eigenvalue weighted by atomic mass is 32.1. The Morgan fingerprint density at radius 3 is 1.46 bits per heavy atom. The van der Waals surface area contributed by atoms with Gasteiger partial charge in [0, 0.05) is 36.7 Å². The van der Waals surface area contributed by atoms with E-state index in [-0.39, 0.29) is 49.5 Å². The highest BCUT2D eigenvalue weighted by Gasteiger charge is 2.37. The highest BCUT2D eigenvalue weighted by molar-refractivity contribution is 7.80. The van der Waals surface area contributed by atoms with Crippen molar-refractivity contribution in [1.82, 2.24) is 37.2 Å². The Labute approximate surface area is 469 Å². The standard InChI is InChI=1S/C57H71N9O11S2/c1-33(39-23-22-38-17-9-10-18-40(38)30-39)48(65-54(73)46(28-36-15-7-4-8-16-36)62-52(71)44(61-50(69)42(59)31-78)27-35-13-5-3-6-14-35)55(74)60-43(19-11-12-26-58)51(70)66-49(34(2)67)56(75)63-45(29-37-20-24-41(68)25-21-37)53(72)64-47(32-79)57(76)77/h3-10,13-18,20-25,30,33-34,42-49,67-68,78-79H,11-12,19,26-29,31-32,58-59H2,1-2H3,(H,60,74)(H,61,69)(H,62,71)(H,63,75)(H,64,72)(H,65,73)(H,66,70)(H,76,77)/t33-,34+,42+,43-,44-,45-,46-,47-,48+,49-/m0/s1. The first-order chi connectivity index (χ1) is 37.8. The van der Waals surface area contributed by atoms with Crippen LogP contribution in [0.25, 0.3) is 10.8 Å². The molecule has 0 radical (unpaired) electrons. The second-order valence-electron chi connectivity index (χ2n) is 19.3. The summed E-state index contributed by atoms with van der Waals surface area (Å²) in [7, 11) is 0. The van der Waals surface area contributed by atoms with E-state index >= 15 is 4.79 Å². The molecule has 0 fully saturated rings. The summed E-state index contributed by atoms with van der Waals surface area (Å²) in [5, 5.41) is 50.8. The van der Waals surface area contributed by atoms with E-state index in [1.165, 1.54) is 31.2 Å². The van der Waals surface area contributed by atoms with Gasteiger partial charge in [0.1, 0.15) is 48.0 Å². The van der Waals surface area contributed by atoms with Gasteiger partial charge in [0.25, 0.3) is 0 Å². The highest BCUT2D eigenvalue weighted by Crippen LogP contribution is 2.25. The van der Waals surface area contributed by atoms with E-state index < -0.39 is 108 Å². The number of carbonyl (C=O) groups is 8. The lowest BCUT2D eigenvalue weighted by Crippen LogP contribution is -2.62. The molecule has 0 unspecified atom stereocenters. The number of amides is 7. The number of aromatic hydroxyl groups is 1. The Hall–Kier alpha value is -7.50. The van der Waals surface area contributed by atoms with E-state index in [2.05, 4.69) is 62.5 Å². The fourth-order valence-corrected chi connectivity index (χ4v) is 9.00. The van der Waals surface area contributed by atoms with Crippen molar-refractivity contribution in [3.63, 3.8) is 0 Å². The first-order valence-electron chi connectivity index (χ1n) is 25.9. The molecule has 7 amide bonds. The first kappa shape index (κ1) is 62.3. The van der Waals surface area contributed by atoms with Crippen LogP contribution in [0, 0.1) is 0 Å². The van der Waals surface area contributed by atoms with Crippen molar-refractivity contribution in [2.75, 3.05) is 18.1 Å². The number of thiol groups is 2. The fourth-order valence-electron chi connectivity index (χ4n) is 8.59. The predicted molar refractivity (Wildman–Crippen MR) is 306 cm³/mol. The first-order valence-corrected chi connectivity index (χ1v) is 27.1. The van der Waals surface area contributed by atoms with Gasteiger partial charge in [-0.15, -0.1) is 0 Å². The number of aliphatic carboxylic acids is 1. The molecule has 79 heavy (non-hydrogen) atoms. The number of carboxylic acid groups (broad SMARTS) is 1. The van der Waals surface area contributed by atoms with Crippen LogP contribution in [0.1, 0.15) is 61.3 Å². The number of nitrogens with one attached hydrogen (secondary N) is 7. The van der Waals surface area contributed by atoms with E-state index in [4.69, 9.17) is 11.5 Å². The molecule has 5 rings (SSSR count). The van der Waals surface area contributed by atoms with E-state index in [9.17, 15) is 48.9 Å². The zero-order valence-corrected chi connectivity index (χ0v) is 45.7. The average molecular weight is 1120 g/mol. The molecule has 0 aliphatic heterocycles. The van der Waals surface area contributed by atoms with Crippen LogP contribution in [0.15, 0.2) is 127 Å². The molecule has 0 heterocycles. The summed E-state index contributed by atoms with van der Waals surface area (Å²) in [6, 6.07) is 25.4. The Kier molecular flexibility index (Phi) is 24.6. The summed E-state index contributed by atoms with van der Waals surface area (Å²) < 4.78 is 0. The predicted octanol–water partition coefficient (Wildman–Crippen LogP) is 1.55. The quantitative estimate of drug-likeness (QED) is 0.0230. The lowest BCUT2D eigenvalue weighted by atomic mass is 9.90. The summed E-state index contributed by atoms with van der Waals surface area (Å²) in [5.41, 5.74) is 14.3. The van der Waals surface area contributed by atoms with Crippen molar-refractivity contribution in [3.05, 3.63) is 150 Å². The summed E-state index contributed by atoms with van der Waals surface area (Å²) in [5.74, 6) is -8.41. The molecule has 0 aliphatic rings. The molecule has 0 bridgehead atoms. The molecule has 20 nitrogen and oxygen atoms in total. The zero-order chi connectivity index (χ0) is 57.6. The van der Waals surface area contributed by atoms with Crippen LogP contribution in [0.4, 0.5) is 0 Å². The monoisotopic (exact) mass is 1120 g/mol. The number of aliphatic hydroxyl groups excluding tert-OH is 1. The molecule has 0 aromatic heterocycles. The van der Waals surface area contributed by atoms with Crippen molar-refractivity contribution < 1.29 is 53.7 Å². The zero-order valence-electron chi connectivity index (χ0n) is 43.9. The lowest BCUT2D eigenvalue weighted by Gasteiger charge is -2.31. The van der Waals surface area contributed by atoms with E-state index in [0.717, 1.165) is 10.8 Å². The van der Waals surface area contributed by atoms with Gasteiger partial charge < -0.3 is 64.0 Å². The third-order valence-corrected chi connectivity index (χ3v) is 14.0. The number of nitrogens with two attached hydrogens (primary N) is 2. The number of carbonyl (C=O) groups excluding carboxylic acids is 7. The van der Waals surface area contributed by atoms with Gasteiger partial charge in [-0.2, -0.15) is 25.3 Å². The Bertz CT molecular complexity index is 2850. The van der Waals surface area contributed by atoms with Crippen molar-refractivity contribution in [2.24, 2.45) is 11.5 Å². The van der Waals surface area contributed by atoms with E-state index in [1.54, 1.807) is 67.6 Å². The fraction of sp³-hybridized carbons (Fsp3) is 0.368. The number of unbranched alkanes of at least 4 members (excludes halogenated alkanes) is 1. The van der Waals surface area contributed by atoms with E-state index in [1.807, 2.05) is 42.5 Å². The third-order valence-electron chi connectivity index (χ3n) is 13.2. The number of hydrogen-bond acceptors (Lipinski definition) is 14. The van der Waals surface area contributed by atoms with Crippen molar-refractivity contribution in [1.29, 1.82) is 0 Å². The van der Waals surface area contributed by atoms with Crippen LogP contribution in [0.2, 0.25) is 0 Å². The molecule has 22 heteroatoms. The minimum atomic E-state index is -1.74. The molecule has 422 valence electrons. The van der Waals surface area contributed by atoms with Gasteiger partial charge in [0.2, 0.25) is 41.4 Å². The van der Waals surface area contributed by atoms with Crippen LogP contribution < -0.4 is 48.7 Å². The smallest absolute Gasteiger partial charge is 0.327 e. The molecule has 0 saturated heterocycles. The van der Waals surface area contributed by atoms with E-state index in [0.29, 0.717) is 35.1 Å². The Balaban J connectivity index is 1.48. The van der Waals surface area contributed by atoms with Crippen molar-refractivity contribution in [2.45, 2.75) is 113 Å². The summed E-state index contributed by atoms with van der Waals surface area (Å²) in [6.45, 7) is 3.16. The van der Waals surface area contributed by atoms with Crippen molar-refractivity contribution in [3.8, 4) is 5.75 Å². The maximum atomic E-state index is 15.0. The van der Waals surface area contributed by atoms with Gasteiger partial charge in [-0.05, 0) is 77.9 Å². The number of rotatable bonds is 30. The number of carboxylic acids is 1. The van der Waals surface area contributed by atoms with Crippen LogP contribution in [-0.4, -0.2) is 135 Å². The molecule has 5 aromatic rings. The van der Waals surface area contributed by atoms with Gasteiger partial charge in [-0.25, -0.2) is 4.79 Å². The van der Waals surface area contributed by atoms with Gasteiger partial charge in [0.05, 0.1) is 12.1 Å². The molecule has 0 saturated carbocycles. The number of phenols is 1. The maximum Gasteiger partial charge on any atom is 0.327 e. The van der Waals surface area contributed by atoms with Crippen LogP contribution >= 0.6 is 25.3 Å².